The molecule has 10 N–H and O–H groups in total. The SMILES string of the molecule is NC(=O)c1nc(-c2cc(Br)ccc2F)ccc1N.NC(=O)c1nc(Br)ccc1N.OB(O)c1cc(Br)ccc1F. The molecule has 0 atom stereocenters. The van der Waals surface area contributed by atoms with Gasteiger partial charge in [0.1, 0.15) is 16.2 Å². The molecule has 4 rings (SSSR count). The number of anilines is 2. The first-order valence-corrected chi connectivity index (χ1v) is 13.1. The van der Waals surface area contributed by atoms with E-state index in [1.54, 1.807) is 24.3 Å². The Labute approximate surface area is 252 Å². The van der Waals surface area contributed by atoms with E-state index in [-0.39, 0.29) is 28.1 Å². The summed E-state index contributed by atoms with van der Waals surface area (Å²) in [6.07, 6.45) is 0. The van der Waals surface area contributed by atoms with Crippen molar-refractivity contribution >= 4 is 83.6 Å². The number of rotatable bonds is 4. The zero-order chi connectivity index (χ0) is 30.1. The minimum Gasteiger partial charge on any atom is -0.423 e. The average molecular weight is 745 g/mol. The first-order valence-electron chi connectivity index (χ1n) is 10.8. The van der Waals surface area contributed by atoms with Crippen LogP contribution in [0.1, 0.15) is 21.0 Å². The van der Waals surface area contributed by atoms with Gasteiger partial charge in [-0.2, -0.15) is 0 Å². The summed E-state index contributed by atoms with van der Waals surface area (Å²) in [5, 5.41) is 17.2. The Morgan fingerprint density at radius 1 is 0.725 bits per heavy atom. The van der Waals surface area contributed by atoms with Crippen LogP contribution < -0.4 is 28.4 Å². The highest BCUT2D eigenvalue weighted by atomic mass is 79.9. The molecule has 16 heteroatoms. The van der Waals surface area contributed by atoms with Gasteiger partial charge < -0.3 is 33.0 Å². The summed E-state index contributed by atoms with van der Waals surface area (Å²) >= 11 is 9.41. The van der Waals surface area contributed by atoms with Crippen LogP contribution in [0.3, 0.4) is 0 Å². The van der Waals surface area contributed by atoms with Crippen molar-refractivity contribution < 1.29 is 28.4 Å². The van der Waals surface area contributed by atoms with Crippen molar-refractivity contribution in [2.45, 2.75) is 0 Å². The number of carbonyl (C=O) groups excluding carboxylic acids is 2. The van der Waals surface area contributed by atoms with E-state index >= 15 is 0 Å². The molecule has 2 aromatic heterocycles. The van der Waals surface area contributed by atoms with Crippen LogP contribution in [0.5, 0.6) is 0 Å². The minimum absolute atomic E-state index is 0.0631. The van der Waals surface area contributed by atoms with Crippen LogP contribution in [0.4, 0.5) is 20.2 Å². The highest BCUT2D eigenvalue weighted by molar-refractivity contribution is 9.11. The largest absolute Gasteiger partial charge is 0.491 e. The predicted molar refractivity (Wildman–Crippen MR) is 159 cm³/mol. The molecule has 0 spiro atoms. The predicted octanol–water partition coefficient (Wildman–Crippen LogP) is 3.12. The van der Waals surface area contributed by atoms with E-state index in [9.17, 15) is 18.4 Å². The van der Waals surface area contributed by atoms with Gasteiger partial charge in [-0.1, -0.05) is 31.9 Å². The molecule has 0 aliphatic heterocycles. The maximum absolute atomic E-state index is 13.7. The zero-order valence-corrected chi connectivity index (χ0v) is 24.9. The summed E-state index contributed by atoms with van der Waals surface area (Å²) in [5.74, 6) is -2.43. The summed E-state index contributed by atoms with van der Waals surface area (Å²) in [4.78, 5) is 29.5. The summed E-state index contributed by atoms with van der Waals surface area (Å²) in [5.41, 5.74) is 22.0. The summed E-state index contributed by atoms with van der Waals surface area (Å²) in [6, 6.07) is 14.6. The number of benzene rings is 2. The second-order valence-corrected chi connectivity index (χ2v) is 10.2. The number of nitrogen functional groups attached to an aromatic ring is 2. The fourth-order valence-electron chi connectivity index (χ4n) is 2.87. The monoisotopic (exact) mass is 742 g/mol. The second kappa shape index (κ2) is 14.8. The van der Waals surface area contributed by atoms with Gasteiger partial charge in [-0.05, 0) is 76.6 Å². The molecule has 208 valence electrons. The van der Waals surface area contributed by atoms with E-state index < -0.39 is 30.6 Å². The molecule has 0 saturated carbocycles. The Bertz CT molecular complexity index is 1550. The van der Waals surface area contributed by atoms with Crippen molar-refractivity contribution in [3.05, 3.63) is 97.2 Å². The molecular formula is C24H20BBr3F2N6O4. The summed E-state index contributed by atoms with van der Waals surface area (Å²) in [6.45, 7) is 0. The first kappa shape index (κ1) is 32.8. The number of aromatic nitrogens is 2. The van der Waals surface area contributed by atoms with Crippen LogP contribution in [0.15, 0.2) is 74.2 Å². The van der Waals surface area contributed by atoms with Crippen LogP contribution in [-0.4, -0.2) is 38.9 Å². The lowest BCUT2D eigenvalue weighted by molar-refractivity contribution is 0.0988. The molecule has 40 heavy (non-hydrogen) atoms. The molecular weight excluding hydrogens is 725 g/mol. The number of nitrogens with two attached hydrogens (primary N) is 4. The van der Waals surface area contributed by atoms with Crippen LogP contribution in [0.25, 0.3) is 11.3 Å². The van der Waals surface area contributed by atoms with Gasteiger partial charge in [0.25, 0.3) is 11.8 Å². The normalized spacial score (nSPS) is 9.97. The fraction of sp³-hybridized carbons (Fsp3) is 0. The molecule has 0 bridgehead atoms. The average Bonchev–Trinajstić information content (AvgIpc) is 2.89. The Hall–Kier alpha value is -3.44. The third kappa shape index (κ3) is 9.34. The molecule has 10 nitrogen and oxygen atoms in total. The van der Waals surface area contributed by atoms with Crippen molar-refractivity contribution in [3.8, 4) is 11.3 Å². The highest BCUT2D eigenvalue weighted by Gasteiger charge is 2.16. The molecule has 2 amide bonds. The lowest BCUT2D eigenvalue weighted by Gasteiger charge is -2.06. The smallest absolute Gasteiger partial charge is 0.423 e. The van der Waals surface area contributed by atoms with Crippen LogP contribution >= 0.6 is 47.8 Å². The lowest BCUT2D eigenvalue weighted by atomic mass is 9.80. The number of pyridine rings is 2. The molecule has 0 aliphatic carbocycles. The topological polar surface area (TPSA) is 204 Å². The molecule has 0 radical (unpaired) electrons. The van der Waals surface area contributed by atoms with Crippen molar-refractivity contribution in [1.82, 2.24) is 9.97 Å². The molecule has 2 heterocycles. The number of nitrogens with zero attached hydrogens (tertiary/aromatic N) is 2. The van der Waals surface area contributed by atoms with E-state index in [1.165, 1.54) is 36.4 Å². The summed E-state index contributed by atoms with van der Waals surface area (Å²) < 4.78 is 28.2. The van der Waals surface area contributed by atoms with Gasteiger partial charge in [0.2, 0.25) is 0 Å². The number of primary amides is 2. The lowest BCUT2D eigenvalue weighted by Crippen LogP contribution is -2.32. The first-order chi connectivity index (χ1) is 18.7. The molecule has 4 aromatic rings. The van der Waals surface area contributed by atoms with E-state index in [4.69, 9.17) is 33.0 Å². The number of hydrogen-bond acceptors (Lipinski definition) is 8. The van der Waals surface area contributed by atoms with Crippen LogP contribution in [0, 0.1) is 11.6 Å². The minimum atomic E-state index is -1.76. The van der Waals surface area contributed by atoms with Crippen LogP contribution in [-0.2, 0) is 0 Å². The second-order valence-electron chi connectivity index (χ2n) is 7.60. The van der Waals surface area contributed by atoms with E-state index in [0.717, 1.165) is 0 Å². The zero-order valence-electron chi connectivity index (χ0n) is 20.2. The molecule has 0 aliphatic rings. The maximum Gasteiger partial charge on any atom is 0.491 e. The fourth-order valence-corrected chi connectivity index (χ4v) is 3.92. The molecule has 0 fully saturated rings. The van der Waals surface area contributed by atoms with Gasteiger partial charge in [-0.15, -0.1) is 0 Å². The van der Waals surface area contributed by atoms with Gasteiger partial charge in [0, 0.05) is 20.0 Å². The van der Waals surface area contributed by atoms with Gasteiger partial charge in [0.15, 0.2) is 11.4 Å². The Balaban J connectivity index is 0.000000222. The van der Waals surface area contributed by atoms with Crippen molar-refractivity contribution in [2.24, 2.45) is 11.5 Å². The van der Waals surface area contributed by atoms with Gasteiger partial charge in [-0.25, -0.2) is 18.7 Å². The molecule has 0 unspecified atom stereocenters. The Morgan fingerprint density at radius 2 is 1.23 bits per heavy atom. The van der Waals surface area contributed by atoms with Crippen molar-refractivity contribution in [3.63, 3.8) is 0 Å². The maximum atomic E-state index is 13.7. The van der Waals surface area contributed by atoms with Crippen molar-refractivity contribution in [2.75, 3.05) is 11.5 Å². The Kier molecular flexibility index (Phi) is 12.1. The molecule has 0 saturated heterocycles. The quantitative estimate of drug-likeness (QED) is 0.135. The van der Waals surface area contributed by atoms with Crippen LogP contribution in [0.2, 0.25) is 0 Å². The summed E-state index contributed by atoms with van der Waals surface area (Å²) in [7, 11) is -1.76. The third-order valence-electron chi connectivity index (χ3n) is 4.73. The number of carbonyl (C=O) groups is 2. The number of amides is 2. The number of hydrogen-bond donors (Lipinski definition) is 6. The third-order valence-corrected chi connectivity index (χ3v) is 6.15. The van der Waals surface area contributed by atoms with Gasteiger partial charge in [0.05, 0.1) is 17.1 Å². The van der Waals surface area contributed by atoms with Gasteiger partial charge >= 0.3 is 7.12 Å². The number of halogens is 5. The van der Waals surface area contributed by atoms with E-state index in [0.29, 0.717) is 24.9 Å². The van der Waals surface area contributed by atoms with E-state index in [1.807, 2.05) is 0 Å². The molecule has 2 aromatic carbocycles. The van der Waals surface area contributed by atoms with E-state index in [2.05, 4.69) is 57.8 Å². The van der Waals surface area contributed by atoms with Gasteiger partial charge in [-0.3, -0.25) is 9.59 Å². The highest BCUT2D eigenvalue weighted by Crippen LogP contribution is 2.26. The standard InChI is InChI=1S/C12H9BrFN3O.C6H5BBrFO2.C6H6BrN3O/c13-6-1-2-8(14)7(5-6)10-4-3-9(15)11(17-10)12(16)18;8-4-1-2-6(9)5(3-4)7(10)11;7-4-2-1-3(8)5(10-4)6(9)11/h1-5H,15H2,(H2,16,18);1-3,10-11H;1-2H,8H2,(H2,9,11). The Morgan fingerprint density at radius 3 is 1.73 bits per heavy atom. The van der Waals surface area contributed by atoms with Crippen molar-refractivity contribution in [1.29, 1.82) is 0 Å².